The largest absolute Gasteiger partial charge is 0.496 e. The van der Waals surface area contributed by atoms with Gasteiger partial charge in [-0.05, 0) is 29.7 Å². The third kappa shape index (κ3) is 4.47. The van der Waals surface area contributed by atoms with E-state index in [1.165, 1.54) is 0 Å². The van der Waals surface area contributed by atoms with Crippen LogP contribution >= 0.6 is 11.6 Å². The summed E-state index contributed by atoms with van der Waals surface area (Å²) < 4.78 is 5.44. The average molecular weight is 410 g/mol. The number of carbonyl (C=O) groups excluding carboxylic acids is 1. The van der Waals surface area contributed by atoms with Crippen molar-refractivity contribution in [2.75, 3.05) is 38.6 Å². The van der Waals surface area contributed by atoms with E-state index < -0.39 is 0 Å². The highest BCUT2D eigenvalue weighted by molar-refractivity contribution is 6.30. The van der Waals surface area contributed by atoms with E-state index in [1.54, 1.807) is 7.11 Å². The molecule has 0 atom stereocenters. The summed E-state index contributed by atoms with van der Waals surface area (Å²) in [6.45, 7) is 3.72. The van der Waals surface area contributed by atoms with Crippen LogP contribution in [0.1, 0.15) is 5.56 Å². The van der Waals surface area contributed by atoms with Crippen LogP contribution in [0.3, 0.4) is 0 Å². The number of piperazine rings is 1. The van der Waals surface area contributed by atoms with E-state index >= 15 is 0 Å². The van der Waals surface area contributed by atoms with Crippen molar-refractivity contribution in [1.29, 1.82) is 0 Å². The van der Waals surface area contributed by atoms with E-state index in [0.717, 1.165) is 47.4 Å². The second-order valence-electron chi connectivity index (χ2n) is 7.18. The van der Waals surface area contributed by atoms with Gasteiger partial charge in [0.1, 0.15) is 5.75 Å². The minimum Gasteiger partial charge on any atom is -0.496 e. The molecule has 4 rings (SSSR count). The molecule has 1 aliphatic heterocycles. The van der Waals surface area contributed by atoms with Crippen LogP contribution in [0.5, 0.6) is 5.75 Å². The number of urea groups is 1. The maximum Gasteiger partial charge on any atom is 0.321 e. The molecule has 3 aromatic rings. The Morgan fingerprint density at radius 1 is 1.03 bits per heavy atom. The molecule has 1 aliphatic rings. The van der Waals surface area contributed by atoms with E-state index in [9.17, 15) is 4.79 Å². The molecular formula is C23H24ClN3O2. The number of fused-ring (bicyclic) bond motifs is 1. The van der Waals surface area contributed by atoms with Gasteiger partial charge in [0.05, 0.1) is 12.8 Å². The predicted octanol–water partition coefficient (Wildman–Crippen LogP) is 4.85. The van der Waals surface area contributed by atoms with Gasteiger partial charge < -0.3 is 15.0 Å². The molecule has 0 spiro atoms. The molecule has 0 saturated carbocycles. The van der Waals surface area contributed by atoms with Crippen molar-refractivity contribution in [3.8, 4) is 5.75 Å². The Bertz CT molecular complexity index is 1010. The molecule has 2 amide bonds. The van der Waals surface area contributed by atoms with Gasteiger partial charge in [0.25, 0.3) is 0 Å². The van der Waals surface area contributed by atoms with Gasteiger partial charge in [0.15, 0.2) is 0 Å². The number of benzene rings is 3. The van der Waals surface area contributed by atoms with Crippen LogP contribution in [-0.2, 0) is 6.54 Å². The zero-order valence-electron chi connectivity index (χ0n) is 16.4. The number of rotatable bonds is 4. The lowest BCUT2D eigenvalue weighted by Crippen LogP contribution is -2.49. The summed E-state index contributed by atoms with van der Waals surface area (Å²) in [5.41, 5.74) is 1.91. The van der Waals surface area contributed by atoms with Crippen molar-refractivity contribution in [2.24, 2.45) is 0 Å². The number of nitrogens with one attached hydrogen (secondary N) is 1. The number of carbonyl (C=O) groups is 1. The second kappa shape index (κ2) is 8.72. The van der Waals surface area contributed by atoms with E-state index in [0.29, 0.717) is 18.1 Å². The highest BCUT2D eigenvalue weighted by atomic mass is 35.5. The number of ether oxygens (including phenoxy) is 1. The van der Waals surface area contributed by atoms with Gasteiger partial charge in [0, 0.05) is 48.7 Å². The van der Waals surface area contributed by atoms with Gasteiger partial charge in [0.2, 0.25) is 0 Å². The maximum absolute atomic E-state index is 12.8. The van der Waals surface area contributed by atoms with Crippen LogP contribution in [0.2, 0.25) is 5.02 Å². The monoisotopic (exact) mass is 409 g/mol. The molecule has 1 saturated heterocycles. The van der Waals surface area contributed by atoms with Crippen molar-refractivity contribution in [1.82, 2.24) is 9.80 Å². The van der Waals surface area contributed by atoms with Crippen LogP contribution in [0.15, 0.2) is 60.7 Å². The Labute approximate surface area is 175 Å². The number of amides is 2. The maximum atomic E-state index is 12.8. The van der Waals surface area contributed by atoms with E-state index in [2.05, 4.69) is 10.2 Å². The number of methoxy groups -OCH3 is 1. The fourth-order valence-corrected chi connectivity index (χ4v) is 3.94. The summed E-state index contributed by atoms with van der Waals surface area (Å²) in [5.74, 6) is 0.838. The predicted molar refractivity (Wildman–Crippen MR) is 118 cm³/mol. The topological polar surface area (TPSA) is 44.8 Å². The van der Waals surface area contributed by atoms with Gasteiger partial charge in [-0.2, -0.15) is 0 Å². The summed E-state index contributed by atoms with van der Waals surface area (Å²) in [7, 11) is 1.67. The minimum absolute atomic E-state index is 0.0543. The minimum atomic E-state index is -0.0543. The Kier molecular flexibility index (Phi) is 5.88. The van der Waals surface area contributed by atoms with Gasteiger partial charge in [-0.3, -0.25) is 4.90 Å². The molecule has 0 aliphatic carbocycles. The number of hydrogen-bond donors (Lipinski definition) is 1. The molecule has 0 radical (unpaired) electrons. The zero-order chi connectivity index (χ0) is 20.2. The van der Waals surface area contributed by atoms with Gasteiger partial charge in [-0.15, -0.1) is 0 Å². The lowest BCUT2D eigenvalue weighted by Gasteiger charge is -2.35. The molecule has 1 N–H and O–H groups in total. The first-order valence-corrected chi connectivity index (χ1v) is 10.1. The SMILES string of the molecule is COc1ccc(Cl)cc1CN1CCN(C(=O)Nc2cccc3ccccc23)CC1. The number of nitrogens with zero attached hydrogens (tertiary/aromatic N) is 2. The summed E-state index contributed by atoms with van der Waals surface area (Å²) in [4.78, 5) is 17.0. The second-order valence-corrected chi connectivity index (χ2v) is 7.61. The first-order valence-electron chi connectivity index (χ1n) is 9.72. The lowest BCUT2D eigenvalue weighted by atomic mass is 10.1. The van der Waals surface area contributed by atoms with Crippen molar-refractivity contribution in [3.63, 3.8) is 0 Å². The smallest absolute Gasteiger partial charge is 0.321 e. The Morgan fingerprint density at radius 2 is 1.79 bits per heavy atom. The van der Waals surface area contributed by atoms with Gasteiger partial charge >= 0.3 is 6.03 Å². The number of hydrogen-bond acceptors (Lipinski definition) is 3. The fourth-order valence-electron chi connectivity index (χ4n) is 3.75. The van der Waals surface area contributed by atoms with E-state index in [-0.39, 0.29) is 6.03 Å². The normalized spacial score (nSPS) is 14.8. The molecule has 150 valence electrons. The molecule has 0 aromatic heterocycles. The third-order valence-electron chi connectivity index (χ3n) is 5.33. The molecule has 6 heteroatoms. The first-order chi connectivity index (χ1) is 14.1. The number of halogens is 1. The van der Waals surface area contributed by atoms with Crippen molar-refractivity contribution >= 4 is 34.1 Å². The summed E-state index contributed by atoms with van der Waals surface area (Å²) in [5, 5.41) is 5.95. The fraction of sp³-hybridized carbons (Fsp3) is 0.261. The molecule has 0 unspecified atom stereocenters. The van der Waals surface area contributed by atoms with Crippen molar-refractivity contribution in [2.45, 2.75) is 6.54 Å². The average Bonchev–Trinajstić information content (AvgIpc) is 2.75. The lowest BCUT2D eigenvalue weighted by molar-refractivity contribution is 0.142. The van der Waals surface area contributed by atoms with Crippen LogP contribution in [0, 0.1) is 0 Å². The van der Waals surface area contributed by atoms with Gasteiger partial charge in [-0.25, -0.2) is 4.79 Å². The van der Waals surface area contributed by atoms with Gasteiger partial charge in [-0.1, -0.05) is 48.0 Å². The van der Waals surface area contributed by atoms with E-state index in [4.69, 9.17) is 16.3 Å². The summed E-state index contributed by atoms with van der Waals surface area (Å²) in [6.07, 6.45) is 0. The first kappa shape index (κ1) is 19.6. The molecular weight excluding hydrogens is 386 g/mol. The Morgan fingerprint density at radius 3 is 2.59 bits per heavy atom. The molecule has 5 nitrogen and oxygen atoms in total. The molecule has 1 fully saturated rings. The quantitative estimate of drug-likeness (QED) is 0.669. The third-order valence-corrected chi connectivity index (χ3v) is 5.56. The highest BCUT2D eigenvalue weighted by Gasteiger charge is 2.22. The molecule has 1 heterocycles. The van der Waals surface area contributed by atoms with Crippen molar-refractivity contribution < 1.29 is 9.53 Å². The molecule has 29 heavy (non-hydrogen) atoms. The Hall–Kier alpha value is -2.76. The summed E-state index contributed by atoms with van der Waals surface area (Å²) >= 11 is 6.14. The van der Waals surface area contributed by atoms with Crippen molar-refractivity contribution in [3.05, 3.63) is 71.2 Å². The standard InChI is InChI=1S/C23H24ClN3O2/c1-29-22-10-9-19(24)15-18(22)16-26-11-13-27(14-12-26)23(28)25-21-8-4-6-17-5-2-3-7-20(17)21/h2-10,15H,11-14,16H2,1H3,(H,25,28). The molecule has 3 aromatic carbocycles. The van der Waals surface area contributed by atoms with Crippen LogP contribution < -0.4 is 10.1 Å². The van der Waals surface area contributed by atoms with Crippen LogP contribution in [0.25, 0.3) is 10.8 Å². The van der Waals surface area contributed by atoms with Crippen LogP contribution in [0.4, 0.5) is 10.5 Å². The molecule has 0 bridgehead atoms. The van der Waals surface area contributed by atoms with Crippen LogP contribution in [-0.4, -0.2) is 49.1 Å². The van der Waals surface area contributed by atoms with E-state index in [1.807, 2.05) is 65.6 Å². The Balaban J connectivity index is 1.37. The highest BCUT2D eigenvalue weighted by Crippen LogP contribution is 2.25. The zero-order valence-corrected chi connectivity index (χ0v) is 17.2. The number of anilines is 1. The summed E-state index contributed by atoms with van der Waals surface area (Å²) in [6, 6.07) is 19.6.